The van der Waals surface area contributed by atoms with Gasteiger partial charge in [-0.15, -0.1) is 0 Å². The van der Waals surface area contributed by atoms with E-state index in [1.54, 1.807) is 6.92 Å². The lowest BCUT2D eigenvalue weighted by atomic mass is 9.96. The Morgan fingerprint density at radius 3 is 2.46 bits per heavy atom. The molecule has 0 amide bonds. The van der Waals surface area contributed by atoms with Crippen molar-refractivity contribution in [1.29, 1.82) is 0 Å². The minimum atomic E-state index is -1.67. The van der Waals surface area contributed by atoms with Crippen LogP contribution in [0.3, 0.4) is 0 Å². The topological polar surface area (TPSA) is 46.5 Å². The normalized spacial score (nSPS) is 35.8. The first-order chi connectivity index (χ1) is 5.82. The molecule has 1 heterocycles. The molecule has 0 aromatic heterocycles. The summed E-state index contributed by atoms with van der Waals surface area (Å²) in [7, 11) is 0. The van der Waals surface area contributed by atoms with E-state index < -0.39 is 27.9 Å². The highest BCUT2D eigenvalue weighted by Gasteiger charge is 2.44. The summed E-state index contributed by atoms with van der Waals surface area (Å²) in [6.45, 7) is 1.57. The van der Waals surface area contributed by atoms with E-state index in [1.165, 1.54) is 0 Å². The fraction of sp³-hybridized carbons (Fsp3) is 0.857. The van der Waals surface area contributed by atoms with Crippen LogP contribution < -0.4 is 0 Å². The average molecular weight is 248 g/mol. The van der Waals surface area contributed by atoms with Crippen molar-refractivity contribution in [3.8, 4) is 0 Å². The summed E-state index contributed by atoms with van der Waals surface area (Å²) in [4.78, 5) is 11.1. The summed E-state index contributed by atoms with van der Waals surface area (Å²) < 4.78 is 3.17. The molecule has 1 fully saturated rings. The molecule has 0 spiro atoms. The predicted molar refractivity (Wildman–Crippen MR) is 50.0 cm³/mol. The fourth-order valence-electron chi connectivity index (χ4n) is 1.08. The van der Waals surface area contributed by atoms with Crippen molar-refractivity contribution in [1.82, 2.24) is 0 Å². The van der Waals surface area contributed by atoms with Gasteiger partial charge < -0.3 is 9.84 Å². The highest BCUT2D eigenvalue weighted by molar-refractivity contribution is 6.68. The van der Waals surface area contributed by atoms with Gasteiger partial charge in [0, 0.05) is 6.42 Å². The Balaban J connectivity index is 2.69. The molecular weight excluding hydrogens is 238 g/mol. The lowest BCUT2D eigenvalue weighted by molar-refractivity contribution is -0.168. The molecule has 0 saturated carbocycles. The molecule has 0 aliphatic carbocycles. The number of alkyl halides is 3. The molecule has 76 valence electrons. The Hall–Kier alpha value is 0.300. The zero-order valence-corrected chi connectivity index (χ0v) is 9.10. The van der Waals surface area contributed by atoms with Crippen molar-refractivity contribution in [2.75, 3.05) is 0 Å². The van der Waals surface area contributed by atoms with Crippen molar-refractivity contribution in [3.63, 3.8) is 0 Å². The molecule has 1 N–H and O–H groups in total. The van der Waals surface area contributed by atoms with Gasteiger partial charge >= 0.3 is 5.97 Å². The standard InChI is InChI=1S/C7H9Cl3O3/c1-3-4(11)2-5(7(8,9)10)13-6(3)12/h3-5,11H,2H2,1H3/t3-,4-,5-/m1/s1. The third-order valence-corrected chi connectivity index (χ3v) is 2.76. The molecule has 13 heavy (non-hydrogen) atoms. The maximum Gasteiger partial charge on any atom is 0.311 e. The first kappa shape index (κ1) is 11.4. The third-order valence-electron chi connectivity index (χ3n) is 2.03. The Morgan fingerprint density at radius 1 is 1.54 bits per heavy atom. The monoisotopic (exact) mass is 246 g/mol. The van der Waals surface area contributed by atoms with E-state index in [0.29, 0.717) is 0 Å². The number of rotatable bonds is 0. The Labute approximate surface area is 90.9 Å². The van der Waals surface area contributed by atoms with E-state index in [2.05, 4.69) is 0 Å². The van der Waals surface area contributed by atoms with Crippen molar-refractivity contribution < 1.29 is 14.6 Å². The van der Waals surface area contributed by atoms with Gasteiger partial charge in [0.1, 0.15) is 0 Å². The maximum absolute atomic E-state index is 11.1. The Kier molecular flexibility index (Phi) is 3.33. The maximum atomic E-state index is 11.1. The molecular formula is C7H9Cl3O3. The van der Waals surface area contributed by atoms with Crippen molar-refractivity contribution in [3.05, 3.63) is 0 Å². The zero-order valence-electron chi connectivity index (χ0n) is 6.84. The Morgan fingerprint density at radius 2 is 2.08 bits per heavy atom. The largest absolute Gasteiger partial charge is 0.457 e. The van der Waals surface area contributed by atoms with E-state index in [1.807, 2.05) is 0 Å². The van der Waals surface area contributed by atoms with Crippen molar-refractivity contribution in [2.24, 2.45) is 5.92 Å². The number of carbonyl (C=O) groups is 1. The first-order valence-electron chi connectivity index (χ1n) is 3.77. The molecule has 3 nitrogen and oxygen atoms in total. The molecule has 1 aliphatic rings. The summed E-state index contributed by atoms with van der Waals surface area (Å²) in [5.41, 5.74) is 0. The van der Waals surface area contributed by atoms with Gasteiger partial charge in [0.2, 0.25) is 3.79 Å². The van der Waals surface area contributed by atoms with Crippen LogP contribution in [0.1, 0.15) is 13.3 Å². The number of hydrogen-bond donors (Lipinski definition) is 1. The number of aliphatic hydroxyl groups excluding tert-OH is 1. The van der Waals surface area contributed by atoms with Gasteiger partial charge in [-0.25, -0.2) is 0 Å². The van der Waals surface area contributed by atoms with Gasteiger partial charge in [0.25, 0.3) is 0 Å². The van der Waals surface area contributed by atoms with Crippen LogP contribution >= 0.6 is 34.8 Å². The van der Waals surface area contributed by atoms with Gasteiger partial charge in [-0.2, -0.15) is 0 Å². The zero-order chi connectivity index (χ0) is 10.2. The van der Waals surface area contributed by atoms with E-state index >= 15 is 0 Å². The molecule has 0 aromatic rings. The molecule has 1 aliphatic heterocycles. The molecule has 0 aromatic carbocycles. The lowest BCUT2D eigenvalue weighted by Gasteiger charge is -2.33. The van der Waals surface area contributed by atoms with Crippen molar-refractivity contribution in [2.45, 2.75) is 29.3 Å². The smallest absolute Gasteiger partial charge is 0.311 e. The first-order valence-corrected chi connectivity index (χ1v) is 4.91. The van der Waals surface area contributed by atoms with E-state index in [9.17, 15) is 9.90 Å². The van der Waals surface area contributed by atoms with Gasteiger partial charge in [-0.05, 0) is 6.92 Å². The van der Waals surface area contributed by atoms with Gasteiger partial charge in [0.15, 0.2) is 6.10 Å². The number of aliphatic hydroxyl groups is 1. The second kappa shape index (κ2) is 3.81. The number of halogens is 3. The lowest BCUT2D eigenvalue weighted by Crippen LogP contribution is -2.45. The molecule has 3 atom stereocenters. The summed E-state index contributed by atoms with van der Waals surface area (Å²) in [6.07, 6.45) is -1.51. The van der Waals surface area contributed by atoms with Gasteiger partial charge in [0.05, 0.1) is 12.0 Å². The number of carbonyl (C=O) groups excluding carboxylic acids is 1. The van der Waals surface area contributed by atoms with Crippen LogP contribution in [0.25, 0.3) is 0 Å². The number of ether oxygens (including phenoxy) is 1. The van der Waals surface area contributed by atoms with Crippen LogP contribution in [-0.2, 0) is 9.53 Å². The van der Waals surface area contributed by atoms with Crippen LogP contribution in [0.4, 0.5) is 0 Å². The SMILES string of the molecule is C[C@H]1C(=O)O[C@@H](C(Cl)(Cl)Cl)C[C@H]1O. The molecule has 0 radical (unpaired) electrons. The molecule has 1 saturated heterocycles. The summed E-state index contributed by atoms with van der Waals surface area (Å²) >= 11 is 16.6. The van der Waals surface area contributed by atoms with Crippen LogP contribution in [-0.4, -0.2) is 27.1 Å². The number of hydrogen-bond acceptors (Lipinski definition) is 3. The molecule has 0 bridgehead atoms. The van der Waals surface area contributed by atoms with Crippen molar-refractivity contribution >= 4 is 40.8 Å². The minimum absolute atomic E-state index is 0.156. The van der Waals surface area contributed by atoms with E-state index in [-0.39, 0.29) is 6.42 Å². The second-order valence-corrected chi connectivity index (χ2v) is 5.43. The summed E-state index contributed by atoms with van der Waals surface area (Å²) in [5.74, 6) is -1.08. The van der Waals surface area contributed by atoms with Crippen LogP contribution in [0.15, 0.2) is 0 Å². The van der Waals surface area contributed by atoms with E-state index in [4.69, 9.17) is 39.5 Å². The summed E-state index contributed by atoms with van der Waals surface area (Å²) in [5, 5.41) is 9.41. The van der Waals surface area contributed by atoms with Crippen LogP contribution in [0.5, 0.6) is 0 Å². The highest BCUT2D eigenvalue weighted by Crippen LogP contribution is 2.38. The summed E-state index contributed by atoms with van der Waals surface area (Å²) in [6, 6.07) is 0. The van der Waals surface area contributed by atoms with Crippen LogP contribution in [0.2, 0.25) is 0 Å². The molecule has 6 heteroatoms. The van der Waals surface area contributed by atoms with Gasteiger partial charge in [-0.1, -0.05) is 34.8 Å². The fourth-order valence-corrected chi connectivity index (χ4v) is 1.48. The molecule has 1 rings (SSSR count). The highest BCUT2D eigenvalue weighted by atomic mass is 35.6. The number of cyclic esters (lactones) is 1. The minimum Gasteiger partial charge on any atom is -0.457 e. The third kappa shape index (κ3) is 2.62. The van der Waals surface area contributed by atoms with E-state index in [0.717, 1.165) is 0 Å². The van der Waals surface area contributed by atoms with Gasteiger partial charge in [-0.3, -0.25) is 4.79 Å². The Bertz CT molecular complexity index is 214. The predicted octanol–water partition coefficient (Wildman–Crippen LogP) is 1.67. The number of esters is 1. The average Bonchev–Trinajstić information content (AvgIpc) is 1.97. The molecule has 0 unspecified atom stereocenters. The van der Waals surface area contributed by atoms with Crippen LogP contribution in [0, 0.1) is 5.92 Å². The second-order valence-electron chi connectivity index (χ2n) is 3.06. The quantitative estimate of drug-likeness (QED) is 0.523.